The first-order chi connectivity index (χ1) is 15.2. The van der Waals surface area contributed by atoms with Gasteiger partial charge in [-0.3, -0.25) is 9.69 Å². The van der Waals surface area contributed by atoms with Crippen molar-refractivity contribution in [1.29, 1.82) is 0 Å². The molecule has 166 valence electrons. The minimum Gasteiger partial charge on any atom is -0.493 e. The van der Waals surface area contributed by atoms with E-state index in [2.05, 4.69) is 18.7 Å². The molecule has 4 rings (SSSR count). The number of benzene rings is 2. The zero-order valence-electron chi connectivity index (χ0n) is 18.4. The van der Waals surface area contributed by atoms with Gasteiger partial charge in [0.15, 0.2) is 5.78 Å². The molecule has 0 amide bonds. The molecule has 0 N–H and O–H groups in total. The van der Waals surface area contributed by atoms with Crippen molar-refractivity contribution in [3.05, 3.63) is 41.5 Å². The molecule has 1 aliphatic carbocycles. The van der Waals surface area contributed by atoms with Crippen LogP contribution in [0.4, 0.5) is 0 Å². The van der Waals surface area contributed by atoms with Crippen molar-refractivity contribution in [3.63, 3.8) is 0 Å². The predicted octanol–water partition coefficient (Wildman–Crippen LogP) is 4.19. The zero-order chi connectivity index (χ0) is 21.6. The van der Waals surface area contributed by atoms with Crippen LogP contribution in [-0.4, -0.2) is 63.4 Å². The third kappa shape index (κ3) is 4.70. The molecule has 6 heteroatoms. The number of fused-ring (bicyclic) bond motifs is 3. The van der Waals surface area contributed by atoms with Crippen molar-refractivity contribution >= 4 is 5.78 Å². The fraction of sp³-hybridized carbons (Fsp3) is 0.480. The Bertz CT molecular complexity index is 920. The number of hydrogen-bond donors (Lipinski definition) is 0. The molecule has 1 fully saturated rings. The number of carbonyl (C=O) groups excluding carboxylic acids is 1. The lowest BCUT2D eigenvalue weighted by atomic mass is 10.0. The van der Waals surface area contributed by atoms with Crippen molar-refractivity contribution in [2.24, 2.45) is 0 Å². The molecule has 31 heavy (non-hydrogen) atoms. The van der Waals surface area contributed by atoms with Gasteiger partial charge in [0.1, 0.15) is 23.9 Å². The van der Waals surface area contributed by atoms with Gasteiger partial charge in [-0.25, -0.2) is 0 Å². The summed E-state index contributed by atoms with van der Waals surface area (Å²) in [6, 6.07) is 9.42. The van der Waals surface area contributed by atoms with Gasteiger partial charge in [0, 0.05) is 48.0 Å². The number of ketones is 1. The highest BCUT2D eigenvalue weighted by Gasteiger charge is 2.33. The van der Waals surface area contributed by atoms with Gasteiger partial charge in [0.2, 0.25) is 0 Å². The molecular weight excluding hydrogens is 394 g/mol. The third-order valence-corrected chi connectivity index (χ3v) is 5.54. The summed E-state index contributed by atoms with van der Waals surface area (Å²) >= 11 is 0. The van der Waals surface area contributed by atoms with E-state index < -0.39 is 0 Å². The minimum atomic E-state index is -0.00748. The fourth-order valence-corrected chi connectivity index (χ4v) is 4.01. The maximum Gasteiger partial charge on any atom is 0.194 e. The summed E-state index contributed by atoms with van der Waals surface area (Å²) in [5.41, 5.74) is 2.93. The highest BCUT2D eigenvalue weighted by Crippen LogP contribution is 2.49. The lowest BCUT2D eigenvalue weighted by Gasteiger charge is -2.26. The van der Waals surface area contributed by atoms with Gasteiger partial charge in [0.25, 0.3) is 0 Å². The summed E-state index contributed by atoms with van der Waals surface area (Å²) in [4.78, 5) is 15.6. The Morgan fingerprint density at radius 2 is 1.58 bits per heavy atom. The van der Waals surface area contributed by atoms with Gasteiger partial charge in [-0.1, -0.05) is 26.0 Å². The molecule has 2 aromatic rings. The summed E-state index contributed by atoms with van der Waals surface area (Å²) in [5.74, 6) is 2.07. The van der Waals surface area contributed by atoms with E-state index in [0.29, 0.717) is 42.4 Å². The van der Waals surface area contributed by atoms with E-state index in [1.807, 2.05) is 30.3 Å². The Labute approximate surface area is 184 Å². The molecule has 1 heterocycles. The maximum absolute atomic E-state index is 13.2. The molecule has 6 nitrogen and oxygen atoms in total. The van der Waals surface area contributed by atoms with E-state index >= 15 is 0 Å². The van der Waals surface area contributed by atoms with Crippen LogP contribution in [0.5, 0.6) is 17.2 Å². The van der Waals surface area contributed by atoms with Crippen LogP contribution in [0.25, 0.3) is 11.1 Å². The normalized spacial score (nSPS) is 15.5. The molecule has 2 aromatic carbocycles. The maximum atomic E-state index is 13.2. The Hall–Kier alpha value is -2.57. The lowest BCUT2D eigenvalue weighted by molar-refractivity contribution is 0.0323. The summed E-state index contributed by atoms with van der Waals surface area (Å²) in [7, 11) is 0. The van der Waals surface area contributed by atoms with Gasteiger partial charge in [-0.05, 0) is 25.0 Å². The van der Waals surface area contributed by atoms with E-state index in [4.69, 9.17) is 18.9 Å². The second kappa shape index (κ2) is 10.2. The van der Waals surface area contributed by atoms with Gasteiger partial charge >= 0.3 is 0 Å². The van der Waals surface area contributed by atoms with Gasteiger partial charge < -0.3 is 18.9 Å². The molecule has 1 saturated heterocycles. The highest BCUT2D eigenvalue weighted by molar-refractivity contribution is 6.23. The fourth-order valence-electron chi connectivity index (χ4n) is 4.01. The first kappa shape index (κ1) is 21.7. The standard InChI is InChI=1S/C25H31NO5/c1-3-11-29-18-16-20-24(22(17-18)30-12-4-2)23-19(25(20)27)6-5-7-21(23)31-15-10-26-8-13-28-14-9-26/h5-7,16-17H,3-4,8-15H2,1-2H3. The Morgan fingerprint density at radius 1 is 0.871 bits per heavy atom. The highest BCUT2D eigenvalue weighted by atomic mass is 16.5. The van der Waals surface area contributed by atoms with Crippen LogP contribution in [0.15, 0.2) is 30.3 Å². The molecule has 0 atom stereocenters. The minimum absolute atomic E-state index is 0.00748. The predicted molar refractivity (Wildman–Crippen MR) is 120 cm³/mol. The van der Waals surface area contributed by atoms with Crippen LogP contribution in [0, 0.1) is 0 Å². The van der Waals surface area contributed by atoms with Crippen molar-refractivity contribution in [3.8, 4) is 28.4 Å². The molecule has 0 saturated carbocycles. The summed E-state index contributed by atoms with van der Waals surface area (Å²) in [6.45, 7) is 10.1. The Kier molecular flexibility index (Phi) is 7.10. The average molecular weight is 426 g/mol. The van der Waals surface area contributed by atoms with Crippen LogP contribution in [0.3, 0.4) is 0 Å². The molecule has 0 bridgehead atoms. The number of morpholine rings is 1. The molecule has 2 aliphatic rings. The van der Waals surface area contributed by atoms with Crippen LogP contribution >= 0.6 is 0 Å². The molecule has 0 radical (unpaired) electrons. The monoisotopic (exact) mass is 425 g/mol. The number of rotatable bonds is 10. The van der Waals surface area contributed by atoms with E-state index in [9.17, 15) is 4.79 Å². The van der Waals surface area contributed by atoms with Crippen LogP contribution in [0.2, 0.25) is 0 Å². The van der Waals surface area contributed by atoms with Crippen molar-refractivity contribution in [2.45, 2.75) is 26.7 Å². The molecule has 1 aliphatic heterocycles. The molecule has 0 aromatic heterocycles. The Balaban J connectivity index is 1.63. The van der Waals surface area contributed by atoms with E-state index in [-0.39, 0.29) is 5.78 Å². The average Bonchev–Trinajstić information content (AvgIpc) is 3.10. The van der Waals surface area contributed by atoms with Crippen LogP contribution in [0.1, 0.15) is 42.6 Å². The quantitative estimate of drug-likeness (QED) is 0.486. The van der Waals surface area contributed by atoms with E-state index in [1.54, 1.807) is 0 Å². The number of hydrogen-bond acceptors (Lipinski definition) is 6. The lowest BCUT2D eigenvalue weighted by Crippen LogP contribution is -2.38. The topological polar surface area (TPSA) is 57.2 Å². The summed E-state index contributed by atoms with van der Waals surface area (Å²) in [5, 5.41) is 0. The van der Waals surface area contributed by atoms with E-state index in [0.717, 1.165) is 62.6 Å². The van der Waals surface area contributed by atoms with Gasteiger partial charge in [-0.15, -0.1) is 0 Å². The number of ether oxygens (including phenoxy) is 4. The Morgan fingerprint density at radius 3 is 2.35 bits per heavy atom. The van der Waals surface area contributed by atoms with E-state index in [1.165, 1.54) is 0 Å². The number of carbonyl (C=O) groups is 1. The first-order valence-electron chi connectivity index (χ1n) is 11.3. The third-order valence-electron chi connectivity index (χ3n) is 5.54. The molecule has 0 unspecified atom stereocenters. The van der Waals surface area contributed by atoms with Crippen LogP contribution < -0.4 is 14.2 Å². The smallest absolute Gasteiger partial charge is 0.194 e. The second-order valence-corrected chi connectivity index (χ2v) is 7.85. The molecular formula is C25H31NO5. The number of nitrogens with zero attached hydrogens (tertiary/aromatic N) is 1. The first-order valence-corrected chi connectivity index (χ1v) is 11.3. The van der Waals surface area contributed by atoms with Crippen molar-refractivity contribution in [1.82, 2.24) is 4.90 Å². The van der Waals surface area contributed by atoms with Gasteiger partial charge in [0.05, 0.1) is 26.4 Å². The van der Waals surface area contributed by atoms with Crippen LogP contribution in [-0.2, 0) is 4.74 Å². The molecule has 0 spiro atoms. The SMILES string of the molecule is CCCOc1cc(OCCC)c2c(c1)C(=O)c1cccc(OCCN3CCOCC3)c1-2. The van der Waals surface area contributed by atoms with Gasteiger partial charge in [-0.2, -0.15) is 0 Å². The zero-order valence-corrected chi connectivity index (χ0v) is 18.4. The summed E-state index contributed by atoms with van der Waals surface area (Å²) in [6.07, 6.45) is 1.78. The summed E-state index contributed by atoms with van der Waals surface area (Å²) < 4.78 is 23.5. The van der Waals surface area contributed by atoms with Crippen molar-refractivity contribution in [2.75, 3.05) is 52.7 Å². The second-order valence-electron chi connectivity index (χ2n) is 7.85. The largest absolute Gasteiger partial charge is 0.493 e. The van der Waals surface area contributed by atoms with Crippen molar-refractivity contribution < 1.29 is 23.7 Å².